The lowest BCUT2D eigenvalue weighted by Crippen LogP contribution is -2.69. The molecule has 4 amide bonds. The van der Waals surface area contributed by atoms with E-state index in [0.29, 0.717) is 22.0 Å². The predicted molar refractivity (Wildman–Crippen MR) is 106 cm³/mol. The first-order chi connectivity index (χ1) is 15.5. The number of hydrogen-bond donors (Lipinski definition) is 2. The van der Waals surface area contributed by atoms with Crippen molar-refractivity contribution >= 4 is 17.8 Å². The van der Waals surface area contributed by atoms with Crippen LogP contribution in [0.1, 0.15) is 15.9 Å². The Balaban J connectivity index is 1.84. The summed E-state index contributed by atoms with van der Waals surface area (Å²) < 4.78 is 65.9. The topological polar surface area (TPSA) is 97.0 Å². The Morgan fingerprint density at radius 2 is 1.76 bits per heavy atom. The number of carbonyl (C=O) groups excluding carboxylic acids is 3. The molecule has 0 saturated carbocycles. The van der Waals surface area contributed by atoms with Crippen LogP contribution in [0.2, 0.25) is 0 Å². The van der Waals surface area contributed by atoms with E-state index in [-0.39, 0.29) is 6.42 Å². The number of amides is 4. The van der Waals surface area contributed by atoms with Gasteiger partial charge in [-0.05, 0) is 36.2 Å². The van der Waals surface area contributed by atoms with E-state index >= 15 is 0 Å². The standard InChI is InChI=1S/C21H19F4N3O5/c1-32-15-8-7-12(11-16(15)33-2)9-10-28-18(30)20(21(23,24)25,27-19(28)31)26-17(29)13-5-3-4-6-14(13)22/h3-8,11H,9-10H2,1-2H3,(H,26,29)(H,27,31). The van der Waals surface area contributed by atoms with Crippen molar-refractivity contribution < 1.29 is 41.4 Å². The molecular weight excluding hydrogens is 450 g/mol. The molecule has 1 aliphatic heterocycles. The lowest BCUT2D eigenvalue weighted by molar-refractivity contribution is -0.200. The van der Waals surface area contributed by atoms with Gasteiger partial charge in [0.2, 0.25) is 0 Å². The molecule has 33 heavy (non-hydrogen) atoms. The maximum Gasteiger partial charge on any atom is 0.440 e. The minimum Gasteiger partial charge on any atom is -0.493 e. The van der Waals surface area contributed by atoms with Crippen molar-refractivity contribution in [3.8, 4) is 11.5 Å². The van der Waals surface area contributed by atoms with Crippen LogP contribution in [-0.4, -0.2) is 55.3 Å². The summed E-state index contributed by atoms with van der Waals surface area (Å²) in [5.41, 5.74) is -3.90. The SMILES string of the molecule is COc1ccc(CCN2C(=O)NC(NC(=O)c3ccccc3F)(C(F)(F)F)C2=O)cc1OC. The molecule has 2 aromatic rings. The van der Waals surface area contributed by atoms with Gasteiger partial charge < -0.3 is 14.8 Å². The Kier molecular flexibility index (Phi) is 6.47. The van der Waals surface area contributed by atoms with E-state index in [0.717, 1.165) is 12.1 Å². The zero-order valence-corrected chi connectivity index (χ0v) is 17.5. The van der Waals surface area contributed by atoms with E-state index in [1.54, 1.807) is 18.2 Å². The van der Waals surface area contributed by atoms with Crippen LogP contribution < -0.4 is 20.1 Å². The molecule has 1 aliphatic rings. The second-order valence-electron chi connectivity index (χ2n) is 7.01. The molecule has 1 atom stereocenters. The number of nitrogens with one attached hydrogen (secondary N) is 2. The van der Waals surface area contributed by atoms with Crippen molar-refractivity contribution in [1.29, 1.82) is 0 Å². The van der Waals surface area contributed by atoms with Gasteiger partial charge in [-0.1, -0.05) is 18.2 Å². The third-order valence-corrected chi connectivity index (χ3v) is 5.02. The molecule has 1 heterocycles. The monoisotopic (exact) mass is 469 g/mol. The molecule has 2 aromatic carbocycles. The predicted octanol–water partition coefficient (Wildman–Crippen LogP) is 2.63. The first kappa shape index (κ1) is 23.8. The molecule has 1 saturated heterocycles. The average Bonchev–Trinajstić information content (AvgIpc) is 3.02. The number of ether oxygens (including phenoxy) is 2. The third kappa shape index (κ3) is 4.41. The maximum atomic E-state index is 13.9. The summed E-state index contributed by atoms with van der Waals surface area (Å²) in [5, 5.41) is 2.99. The summed E-state index contributed by atoms with van der Waals surface area (Å²) >= 11 is 0. The lowest BCUT2D eigenvalue weighted by Gasteiger charge is -2.30. The fraction of sp³-hybridized carbons (Fsp3) is 0.286. The van der Waals surface area contributed by atoms with Gasteiger partial charge in [-0.15, -0.1) is 0 Å². The van der Waals surface area contributed by atoms with E-state index in [1.165, 1.54) is 37.0 Å². The van der Waals surface area contributed by atoms with Gasteiger partial charge in [0, 0.05) is 6.54 Å². The molecular formula is C21H19F4N3O5. The number of nitrogens with zero attached hydrogens (tertiary/aromatic N) is 1. The highest BCUT2D eigenvalue weighted by Gasteiger charge is 2.68. The van der Waals surface area contributed by atoms with Crippen LogP contribution in [0.3, 0.4) is 0 Å². The smallest absolute Gasteiger partial charge is 0.440 e. The number of carbonyl (C=O) groups is 3. The summed E-state index contributed by atoms with van der Waals surface area (Å²) in [6.07, 6.45) is -5.41. The first-order valence-corrected chi connectivity index (χ1v) is 9.53. The van der Waals surface area contributed by atoms with E-state index in [9.17, 15) is 31.9 Å². The molecule has 8 nitrogen and oxygen atoms in total. The number of benzene rings is 2. The lowest BCUT2D eigenvalue weighted by atomic mass is 10.1. The Morgan fingerprint density at radius 1 is 1.09 bits per heavy atom. The fourth-order valence-corrected chi connectivity index (χ4v) is 3.29. The normalized spacial score (nSPS) is 18.2. The van der Waals surface area contributed by atoms with Crippen LogP contribution in [0.15, 0.2) is 42.5 Å². The van der Waals surface area contributed by atoms with Crippen molar-refractivity contribution in [2.75, 3.05) is 20.8 Å². The summed E-state index contributed by atoms with van der Waals surface area (Å²) in [5.74, 6) is -3.56. The van der Waals surface area contributed by atoms with Gasteiger partial charge in [-0.2, -0.15) is 13.2 Å². The van der Waals surface area contributed by atoms with E-state index in [2.05, 4.69) is 0 Å². The number of halogens is 4. The molecule has 176 valence electrons. The third-order valence-electron chi connectivity index (χ3n) is 5.02. The van der Waals surface area contributed by atoms with Gasteiger partial charge in [-0.25, -0.2) is 9.18 Å². The highest BCUT2D eigenvalue weighted by molar-refractivity contribution is 6.10. The molecule has 0 spiro atoms. The molecule has 0 aromatic heterocycles. The van der Waals surface area contributed by atoms with Gasteiger partial charge in [0.25, 0.3) is 17.5 Å². The Bertz CT molecular complexity index is 1090. The molecule has 1 fully saturated rings. The number of urea groups is 1. The van der Waals surface area contributed by atoms with Gasteiger partial charge in [0.15, 0.2) is 11.5 Å². The van der Waals surface area contributed by atoms with Gasteiger partial charge in [0.1, 0.15) is 5.82 Å². The van der Waals surface area contributed by atoms with E-state index in [4.69, 9.17) is 9.47 Å². The first-order valence-electron chi connectivity index (χ1n) is 9.53. The van der Waals surface area contributed by atoms with Crippen LogP contribution in [-0.2, 0) is 11.2 Å². The number of imide groups is 1. The number of alkyl halides is 3. The summed E-state index contributed by atoms with van der Waals surface area (Å²) in [6.45, 7) is -0.423. The average molecular weight is 469 g/mol. The zero-order valence-electron chi connectivity index (χ0n) is 17.5. The largest absolute Gasteiger partial charge is 0.493 e. The molecule has 1 unspecified atom stereocenters. The summed E-state index contributed by atoms with van der Waals surface area (Å²) in [6, 6.07) is 7.66. The molecule has 0 aliphatic carbocycles. The highest BCUT2D eigenvalue weighted by Crippen LogP contribution is 2.34. The Morgan fingerprint density at radius 3 is 2.36 bits per heavy atom. The Hall–Kier alpha value is -3.83. The van der Waals surface area contributed by atoms with Crippen molar-refractivity contribution in [2.45, 2.75) is 18.3 Å². The quantitative estimate of drug-likeness (QED) is 0.480. The summed E-state index contributed by atoms with van der Waals surface area (Å²) in [7, 11) is 2.83. The molecule has 2 N–H and O–H groups in total. The van der Waals surface area contributed by atoms with Crippen molar-refractivity contribution in [3.05, 3.63) is 59.4 Å². The zero-order chi connectivity index (χ0) is 24.4. The van der Waals surface area contributed by atoms with Gasteiger partial charge in [-0.3, -0.25) is 19.8 Å². The molecule has 12 heteroatoms. The van der Waals surface area contributed by atoms with Crippen molar-refractivity contribution in [2.24, 2.45) is 0 Å². The molecule has 0 bridgehead atoms. The van der Waals surface area contributed by atoms with Crippen LogP contribution in [0, 0.1) is 5.82 Å². The van der Waals surface area contributed by atoms with Crippen LogP contribution >= 0.6 is 0 Å². The van der Waals surface area contributed by atoms with Crippen LogP contribution in [0.4, 0.5) is 22.4 Å². The minimum absolute atomic E-state index is 0.00525. The second kappa shape index (κ2) is 8.96. The second-order valence-corrected chi connectivity index (χ2v) is 7.01. The molecule has 0 radical (unpaired) electrons. The Labute approximate surface area is 185 Å². The van der Waals surface area contributed by atoms with E-state index < -0.39 is 47.6 Å². The minimum atomic E-state index is -5.40. The van der Waals surface area contributed by atoms with Crippen LogP contribution in [0.5, 0.6) is 11.5 Å². The van der Waals surface area contributed by atoms with Gasteiger partial charge in [0.05, 0.1) is 19.8 Å². The van der Waals surface area contributed by atoms with Crippen LogP contribution in [0.25, 0.3) is 0 Å². The summed E-state index contributed by atoms with van der Waals surface area (Å²) in [4.78, 5) is 37.7. The molecule has 3 rings (SSSR count). The number of methoxy groups -OCH3 is 2. The highest BCUT2D eigenvalue weighted by atomic mass is 19.4. The van der Waals surface area contributed by atoms with Crippen molar-refractivity contribution in [3.63, 3.8) is 0 Å². The van der Waals surface area contributed by atoms with E-state index in [1.807, 2.05) is 0 Å². The van der Waals surface area contributed by atoms with Gasteiger partial charge >= 0.3 is 12.2 Å². The van der Waals surface area contributed by atoms with Crippen molar-refractivity contribution in [1.82, 2.24) is 15.5 Å². The maximum absolute atomic E-state index is 13.9. The number of rotatable bonds is 7. The fourth-order valence-electron chi connectivity index (χ4n) is 3.29. The number of hydrogen-bond acceptors (Lipinski definition) is 5.